The van der Waals surface area contributed by atoms with Crippen LogP contribution in [0.25, 0.3) is 0 Å². The molecule has 0 aliphatic carbocycles. The van der Waals surface area contributed by atoms with E-state index >= 15 is 0 Å². The number of carbonyl (C=O) groups excluding carboxylic acids is 1. The molecule has 3 aromatic rings. The molecule has 0 aliphatic rings. The number of ketones is 1. The Hall–Kier alpha value is -2.44. The molecule has 1 atom stereocenters. The van der Waals surface area contributed by atoms with E-state index in [0.717, 1.165) is 10.6 Å². The maximum absolute atomic E-state index is 14.2. The van der Waals surface area contributed by atoms with Gasteiger partial charge < -0.3 is 4.57 Å². The second kappa shape index (κ2) is 8.29. The van der Waals surface area contributed by atoms with Gasteiger partial charge in [0.15, 0.2) is 5.78 Å². The van der Waals surface area contributed by atoms with Gasteiger partial charge in [0.1, 0.15) is 7.14 Å². The summed E-state index contributed by atoms with van der Waals surface area (Å²) in [6, 6.07) is 28.4. The van der Waals surface area contributed by atoms with E-state index in [1.807, 2.05) is 97.9 Å². The van der Waals surface area contributed by atoms with E-state index in [9.17, 15) is 9.36 Å². The molecule has 0 radical (unpaired) electrons. The van der Waals surface area contributed by atoms with Crippen molar-refractivity contribution in [3.8, 4) is 0 Å². The highest BCUT2D eigenvalue weighted by atomic mass is 31.2. The minimum Gasteiger partial charge on any atom is -0.314 e. The third-order valence-electron chi connectivity index (χ3n) is 4.75. The van der Waals surface area contributed by atoms with Crippen LogP contribution in [0.3, 0.4) is 0 Å². The number of carbonyl (C=O) groups is 1. The first kappa shape index (κ1) is 18.4. The predicted molar refractivity (Wildman–Crippen MR) is 109 cm³/mol. The molecule has 0 saturated heterocycles. The Morgan fingerprint density at radius 3 is 1.62 bits per heavy atom. The minimum absolute atomic E-state index is 0.0696. The van der Waals surface area contributed by atoms with Crippen molar-refractivity contribution in [3.63, 3.8) is 0 Å². The molecule has 2 nitrogen and oxygen atoms in total. The maximum atomic E-state index is 14.2. The average molecular weight is 362 g/mol. The van der Waals surface area contributed by atoms with E-state index in [4.69, 9.17) is 0 Å². The first-order valence-electron chi connectivity index (χ1n) is 8.94. The first-order valence-corrected chi connectivity index (χ1v) is 10.8. The van der Waals surface area contributed by atoms with E-state index in [-0.39, 0.29) is 11.7 Å². The van der Waals surface area contributed by atoms with Crippen LogP contribution in [0.2, 0.25) is 0 Å². The number of rotatable bonds is 7. The zero-order chi connectivity index (χ0) is 18.4. The number of benzene rings is 3. The van der Waals surface area contributed by atoms with E-state index in [1.54, 1.807) is 0 Å². The molecule has 0 heterocycles. The predicted octanol–water partition coefficient (Wildman–Crippen LogP) is 4.91. The second-order valence-corrected chi connectivity index (χ2v) is 9.31. The zero-order valence-electron chi connectivity index (χ0n) is 14.9. The molecule has 3 heteroatoms. The Balaban J connectivity index is 2.00. The van der Waals surface area contributed by atoms with Gasteiger partial charge in [-0.05, 0) is 6.42 Å². The van der Waals surface area contributed by atoms with Crippen molar-refractivity contribution in [1.29, 1.82) is 0 Å². The molecular formula is C23H23O2P. The third-order valence-corrected chi connectivity index (χ3v) is 7.97. The van der Waals surface area contributed by atoms with Crippen molar-refractivity contribution in [2.75, 3.05) is 6.16 Å². The van der Waals surface area contributed by atoms with Gasteiger partial charge in [-0.1, -0.05) is 97.9 Å². The van der Waals surface area contributed by atoms with Gasteiger partial charge in [0.25, 0.3) is 0 Å². The summed E-state index contributed by atoms with van der Waals surface area (Å²) in [6.45, 7) is 1.99. The van der Waals surface area contributed by atoms with Gasteiger partial charge in [-0.15, -0.1) is 0 Å². The summed E-state index contributed by atoms with van der Waals surface area (Å²) in [4.78, 5) is 13.0. The fourth-order valence-electron chi connectivity index (χ4n) is 3.24. The summed E-state index contributed by atoms with van der Waals surface area (Å²) >= 11 is 0. The summed E-state index contributed by atoms with van der Waals surface area (Å²) < 4.78 is 14.2. The molecule has 0 saturated carbocycles. The molecule has 0 spiro atoms. The van der Waals surface area contributed by atoms with E-state index in [2.05, 4.69) is 0 Å². The Morgan fingerprint density at radius 1 is 0.769 bits per heavy atom. The summed E-state index contributed by atoms with van der Waals surface area (Å²) in [5.41, 5.74) is 0.687. The van der Waals surface area contributed by atoms with Crippen LogP contribution in [0, 0.1) is 5.92 Å². The van der Waals surface area contributed by atoms with Crippen molar-refractivity contribution >= 4 is 23.5 Å². The molecule has 0 N–H and O–H groups in total. The average Bonchev–Trinajstić information content (AvgIpc) is 2.73. The Kier molecular flexibility index (Phi) is 5.85. The van der Waals surface area contributed by atoms with Gasteiger partial charge in [-0.25, -0.2) is 0 Å². The van der Waals surface area contributed by atoms with Crippen molar-refractivity contribution in [2.24, 2.45) is 5.92 Å². The highest BCUT2D eigenvalue weighted by Gasteiger charge is 2.33. The normalized spacial score (nSPS) is 12.5. The van der Waals surface area contributed by atoms with Crippen molar-refractivity contribution < 1.29 is 9.36 Å². The smallest absolute Gasteiger partial charge is 0.166 e. The number of Topliss-reactive ketones (excluding diaryl/α,β-unsaturated/α-hetero) is 1. The maximum Gasteiger partial charge on any atom is 0.166 e. The van der Waals surface area contributed by atoms with Crippen LogP contribution < -0.4 is 10.6 Å². The molecule has 3 rings (SSSR count). The van der Waals surface area contributed by atoms with Gasteiger partial charge in [0, 0.05) is 28.3 Å². The standard InChI is InChI=1S/C23H23O2P/c1-2-19(23(24)20-12-6-3-7-13-20)18-26(25,21-14-8-4-9-15-21)22-16-10-5-11-17-22/h3-17,19H,2,18H2,1H3. The molecule has 0 bridgehead atoms. The lowest BCUT2D eigenvalue weighted by molar-refractivity contribution is 0.0929. The number of hydrogen-bond donors (Lipinski definition) is 0. The van der Waals surface area contributed by atoms with Crippen molar-refractivity contribution in [3.05, 3.63) is 96.6 Å². The molecular weight excluding hydrogens is 339 g/mol. The van der Waals surface area contributed by atoms with Gasteiger partial charge in [-0.2, -0.15) is 0 Å². The fourth-order valence-corrected chi connectivity index (χ4v) is 6.32. The molecule has 3 aromatic carbocycles. The lowest BCUT2D eigenvalue weighted by atomic mass is 9.97. The molecule has 132 valence electrons. The van der Waals surface area contributed by atoms with Crippen LogP contribution in [0.15, 0.2) is 91.0 Å². The van der Waals surface area contributed by atoms with Crippen LogP contribution in [0.4, 0.5) is 0 Å². The molecule has 0 aliphatic heterocycles. The third kappa shape index (κ3) is 3.86. The summed E-state index contributed by atoms with van der Waals surface area (Å²) in [7, 11) is -2.89. The minimum atomic E-state index is -2.89. The van der Waals surface area contributed by atoms with Gasteiger partial charge in [0.2, 0.25) is 0 Å². The lowest BCUT2D eigenvalue weighted by Crippen LogP contribution is -2.26. The van der Waals surface area contributed by atoms with Crippen LogP contribution in [0.1, 0.15) is 23.7 Å². The Bertz CT molecular complexity index is 846. The van der Waals surface area contributed by atoms with Crippen LogP contribution in [-0.4, -0.2) is 11.9 Å². The van der Waals surface area contributed by atoms with E-state index in [1.165, 1.54) is 0 Å². The van der Waals surface area contributed by atoms with E-state index in [0.29, 0.717) is 18.1 Å². The molecule has 0 fully saturated rings. The summed E-state index contributed by atoms with van der Waals surface area (Å²) in [6.07, 6.45) is 1.02. The van der Waals surface area contributed by atoms with Crippen molar-refractivity contribution in [1.82, 2.24) is 0 Å². The summed E-state index contributed by atoms with van der Waals surface area (Å²) in [5, 5.41) is 1.62. The quantitative estimate of drug-likeness (QED) is 0.442. The lowest BCUT2D eigenvalue weighted by Gasteiger charge is -2.24. The van der Waals surface area contributed by atoms with E-state index < -0.39 is 7.14 Å². The molecule has 26 heavy (non-hydrogen) atoms. The van der Waals surface area contributed by atoms with Gasteiger partial charge in [-0.3, -0.25) is 4.79 Å². The molecule has 1 unspecified atom stereocenters. The largest absolute Gasteiger partial charge is 0.314 e. The first-order chi connectivity index (χ1) is 12.6. The molecule has 0 amide bonds. The highest BCUT2D eigenvalue weighted by molar-refractivity contribution is 7.78. The Morgan fingerprint density at radius 2 is 1.19 bits per heavy atom. The SMILES string of the molecule is CCC(CP(=O)(c1ccccc1)c1ccccc1)C(=O)c1ccccc1. The van der Waals surface area contributed by atoms with Gasteiger partial charge in [0.05, 0.1) is 0 Å². The zero-order valence-corrected chi connectivity index (χ0v) is 15.8. The van der Waals surface area contributed by atoms with Crippen molar-refractivity contribution in [2.45, 2.75) is 13.3 Å². The highest BCUT2D eigenvalue weighted by Crippen LogP contribution is 2.46. The molecule has 0 aromatic heterocycles. The van der Waals surface area contributed by atoms with Crippen LogP contribution in [-0.2, 0) is 4.57 Å². The topological polar surface area (TPSA) is 34.1 Å². The summed E-state index contributed by atoms with van der Waals surface area (Å²) in [5.74, 6) is -0.205. The number of hydrogen-bond acceptors (Lipinski definition) is 2. The Labute approximate surface area is 155 Å². The monoisotopic (exact) mass is 362 g/mol. The second-order valence-electron chi connectivity index (χ2n) is 6.43. The van der Waals surface area contributed by atoms with Crippen LogP contribution >= 0.6 is 7.14 Å². The fraction of sp³-hybridized carbons (Fsp3) is 0.174. The van der Waals surface area contributed by atoms with Gasteiger partial charge >= 0.3 is 0 Å². The van der Waals surface area contributed by atoms with Crippen LogP contribution in [0.5, 0.6) is 0 Å².